The number of rotatable bonds is 3. The molecular formula is C25H37N3O4. The van der Waals surface area contributed by atoms with Crippen molar-refractivity contribution in [2.45, 2.75) is 64.7 Å². The van der Waals surface area contributed by atoms with Gasteiger partial charge < -0.3 is 19.3 Å². The van der Waals surface area contributed by atoms with Crippen LogP contribution < -0.4 is 0 Å². The summed E-state index contributed by atoms with van der Waals surface area (Å²) in [6.45, 7) is 10.9. The molecule has 3 aliphatic rings. The SMILES string of the molecule is CC(C)(C)OC(=O)N1CCN(C2CC3(CCN(C(=O)OCc4ccccc4)CC3)C2)CC1. The number of carbonyl (C=O) groups excluding carboxylic acids is 2. The predicted molar refractivity (Wildman–Crippen MR) is 122 cm³/mol. The van der Waals surface area contributed by atoms with E-state index in [-0.39, 0.29) is 12.2 Å². The molecule has 2 saturated heterocycles. The van der Waals surface area contributed by atoms with E-state index in [1.54, 1.807) is 0 Å². The van der Waals surface area contributed by atoms with Crippen LogP contribution in [0.3, 0.4) is 0 Å². The molecule has 7 nitrogen and oxygen atoms in total. The van der Waals surface area contributed by atoms with Crippen LogP contribution in [-0.4, -0.2) is 77.8 Å². The lowest BCUT2D eigenvalue weighted by atomic mass is 9.60. The Hall–Kier alpha value is -2.28. The molecule has 3 fully saturated rings. The van der Waals surface area contributed by atoms with Crippen LogP contribution in [0.4, 0.5) is 9.59 Å². The molecule has 1 aliphatic carbocycles. The number of ether oxygens (including phenoxy) is 2. The summed E-state index contributed by atoms with van der Waals surface area (Å²) in [5.41, 5.74) is 0.948. The molecule has 32 heavy (non-hydrogen) atoms. The van der Waals surface area contributed by atoms with E-state index in [1.165, 1.54) is 12.8 Å². The Morgan fingerprint density at radius 2 is 1.50 bits per heavy atom. The van der Waals surface area contributed by atoms with Gasteiger partial charge in [-0.1, -0.05) is 30.3 Å². The fourth-order valence-corrected chi connectivity index (χ4v) is 5.18. The Morgan fingerprint density at radius 1 is 0.906 bits per heavy atom. The van der Waals surface area contributed by atoms with Gasteiger partial charge in [0.15, 0.2) is 0 Å². The first-order valence-electron chi connectivity index (χ1n) is 11.9. The van der Waals surface area contributed by atoms with Crippen molar-refractivity contribution in [2.75, 3.05) is 39.3 Å². The summed E-state index contributed by atoms with van der Waals surface area (Å²) in [6, 6.07) is 10.4. The van der Waals surface area contributed by atoms with Crippen molar-refractivity contribution in [1.82, 2.24) is 14.7 Å². The summed E-state index contributed by atoms with van der Waals surface area (Å²) in [6.07, 6.45) is 4.12. The summed E-state index contributed by atoms with van der Waals surface area (Å²) >= 11 is 0. The quantitative estimate of drug-likeness (QED) is 0.703. The normalized spacial score (nSPS) is 21.8. The van der Waals surface area contributed by atoms with E-state index in [2.05, 4.69) is 4.90 Å². The van der Waals surface area contributed by atoms with Crippen LogP contribution in [0.15, 0.2) is 30.3 Å². The van der Waals surface area contributed by atoms with Crippen LogP contribution in [0.1, 0.15) is 52.0 Å². The molecule has 2 heterocycles. The van der Waals surface area contributed by atoms with E-state index in [0.717, 1.165) is 57.7 Å². The highest BCUT2D eigenvalue weighted by Crippen LogP contribution is 2.51. The number of likely N-dealkylation sites (tertiary alicyclic amines) is 1. The third-order valence-corrected chi connectivity index (χ3v) is 7.11. The molecule has 2 amide bonds. The van der Waals surface area contributed by atoms with Crippen molar-refractivity contribution >= 4 is 12.2 Å². The molecule has 176 valence electrons. The van der Waals surface area contributed by atoms with E-state index in [1.807, 2.05) is 60.9 Å². The molecule has 1 saturated carbocycles. The van der Waals surface area contributed by atoms with Gasteiger partial charge in [0.05, 0.1) is 0 Å². The number of piperazine rings is 1. The number of nitrogens with zero attached hydrogens (tertiary/aromatic N) is 3. The van der Waals surface area contributed by atoms with Gasteiger partial charge in [-0.2, -0.15) is 0 Å². The van der Waals surface area contributed by atoms with Crippen molar-refractivity contribution in [2.24, 2.45) is 5.41 Å². The van der Waals surface area contributed by atoms with Crippen LogP contribution in [0.2, 0.25) is 0 Å². The van der Waals surface area contributed by atoms with Crippen molar-refractivity contribution < 1.29 is 19.1 Å². The minimum absolute atomic E-state index is 0.196. The van der Waals surface area contributed by atoms with Crippen LogP contribution in [0.25, 0.3) is 0 Å². The third-order valence-electron chi connectivity index (χ3n) is 7.11. The summed E-state index contributed by atoms with van der Waals surface area (Å²) in [5.74, 6) is 0. The summed E-state index contributed by atoms with van der Waals surface area (Å²) < 4.78 is 11.0. The average Bonchev–Trinajstić information content (AvgIpc) is 2.75. The van der Waals surface area contributed by atoms with Crippen molar-refractivity contribution in [3.8, 4) is 0 Å². The molecule has 1 spiro atoms. The molecule has 0 bridgehead atoms. The van der Waals surface area contributed by atoms with E-state index in [4.69, 9.17) is 9.47 Å². The maximum Gasteiger partial charge on any atom is 0.410 e. The summed E-state index contributed by atoms with van der Waals surface area (Å²) in [4.78, 5) is 30.9. The number of carbonyl (C=O) groups is 2. The fourth-order valence-electron chi connectivity index (χ4n) is 5.18. The molecule has 0 N–H and O–H groups in total. The smallest absolute Gasteiger partial charge is 0.410 e. The van der Waals surface area contributed by atoms with E-state index in [9.17, 15) is 9.59 Å². The van der Waals surface area contributed by atoms with Gasteiger partial charge in [-0.3, -0.25) is 4.90 Å². The minimum Gasteiger partial charge on any atom is -0.445 e. The Labute approximate surface area is 191 Å². The van der Waals surface area contributed by atoms with Gasteiger partial charge in [0.25, 0.3) is 0 Å². The predicted octanol–water partition coefficient (Wildman–Crippen LogP) is 4.12. The summed E-state index contributed by atoms with van der Waals surface area (Å²) in [5, 5.41) is 0. The van der Waals surface area contributed by atoms with Crippen molar-refractivity contribution in [1.29, 1.82) is 0 Å². The Kier molecular flexibility index (Phi) is 6.65. The Bertz CT molecular complexity index is 783. The third kappa shape index (κ3) is 5.55. The first kappa shape index (κ1) is 22.9. The largest absolute Gasteiger partial charge is 0.445 e. The zero-order chi connectivity index (χ0) is 22.8. The first-order valence-corrected chi connectivity index (χ1v) is 11.9. The van der Waals surface area contributed by atoms with Gasteiger partial charge in [0, 0.05) is 45.3 Å². The number of hydrogen-bond acceptors (Lipinski definition) is 5. The van der Waals surface area contributed by atoms with Crippen LogP contribution in [0.5, 0.6) is 0 Å². The highest BCUT2D eigenvalue weighted by Gasteiger charge is 2.48. The molecule has 7 heteroatoms. The number of amides is 2. The van der Waals surface area contributed by atoms with Gasteiger partial charge in [0.1, 0.15) is 12.2 Å². The monoisotopic (exact) mass is 443 g/mol. The zero-order valence-electron chi connectivity index (χ0n) is 19.7. The maximum absolute atomic E-state index is 12.4. The molecule has 1 aromatic rings. The van der Waals surface area contributed by atoms with Gasteiger partial charge in [-0.15, -0.1) is 0 Å². The lowest BCUT2D eigenvalue weighted by molar-refractivity contribution is -0.0561. The minimum atomic E-state index is -0.447. The number of piperidine rings is 1. The van der Waals surface area contributed by atoms with Gasteiger partial charge in [-0.05, 0) is 57.4 Å². The number of benzene rings is 1. The van der Waals surface area contributed by atoms with Crippen LogP contribution >= 0.6 is 0 Å². The maximum atomic E-state index is 12.4. The second kappa shape index (κ2) is 9.30. The van der Waals surface area contributed by atoms with Gasteiger partial charge in [-0.25, -0.2) is 9.59 Å². The van der Waals surface area contributed by atoms with Crippen molar-refractivity contribution in [3.05, 3.63) is 35.9 Å². The molecule has 0 atom stereocenters. The lowest BCUT2D eigenvalue weighted by Gasteiger charge is -2.56. The highest BCUT2D eigenvalue weighted by atomic mass is 16.6. The van der Waals surface area contributed by atoms with Crippen LogP contribution in [-0.2, 0) is 16.1 Å². The molecule has 0 unspecified atom stereocenters. The number of hydrogen-bond donors (Lipinski definition) is 0. The van der Waals surface area contributed by atoms with Crippen molar-refractivity contribution in [3.63, 3.8) is 0 Å². The second-order valence-electron chi connectivity index (χ2n) is 10.6. The second-order valence-corrected chi connectivity index (χ2v) is 10.6. The van der Waals surface area contributed by atoms with E-state index in [0.29, 0.717) is 18.1 Å². The van der Waals surface area contributed by atoms with Gasteiger partial charge in [0.2, 0.25) is 0 Å². The summed E-state index contributed by atoms with van der Waals surface area (Å²) in [7, 11) is 0. The first-order chi connectivity index (χ1) is 15.2. The van der Waals surface area contributed by atoms with E-state index < -0.39 is 5.60 Å². The molecule has 0 radical (unpaired) electrons. The standard InChI is InChI=1S/C25H37N3O4/c1-24(2,3)32-23(30)28-15-13-26(14-16-28)21-17-25(18-21)9-11-27(12-10-25)22(29)31-19-20-7-5-4-6-8-20/h4-8,21H,9-19H2,1-3H3. The molecule has 2 aliphatic heterocycles. The molecule has 1 aromatic carbocycles. The molecule has 0 aromatic heterocycles. The fraction of sp³-hybridized carbons (Fsp3) is 0.680. The topological polar surface area (TPSA) is 62.3 Å². The molecular weight excluding hydrogens is 406 g/mol. The van der Waals surface area contributed by atoms with Gasteiger partial charge >= 0.3 is 12.2 Å². The molecule has 4 rings (SSSR count). The Morgan fingerprint density at radius 3 is 2.09 bits per heavy atom. The van der Waals surface area contributed by atoms with Crippen LogP contribution in [0, 0.1) is 5.41 Å². The average molecular weight is 444 g/mol. The lowest BCUT2D eigenvalue weighted by Crippen LogP contribution is -2.60. The Balaban J connectivity index is 1.16. The highest BCUT2D eigenvalue weighted by molar-refractivity contribution is 5.68. The van der Waals surface area contributed by atoms with E-state index >= 15 is 0 Å². The zero-order valence-corrected chi connectivity index (χ0v) is 19.7.